The van der Waals surface area contributed by atoms with Gasteiger partial charge in [-0.15, -0.1) is 0 Å². The minimum Gasteiger partial charge on any atom is -0.316 e. The fourth-order valence-corrected chi connectivity index (χ4v) is 3.38. The number of hydrogen-bond acceptors (Lipinski definition) is 3. The summed E-state index contributed by atoms with van der Waals surface area (Å²) >= 11 is 0. The highest BCUT2D eigenvalue weighted by Gasteiger charge is 2.48. The van der Waals surface area contributed by atoms with Gasteiger partial charge in [0.25, 0.3) is 0 Å². The Morgan fingerprint density at radius 3 is 2.10 bits per heavy atom. The van der Waals surface area contributed by atoms with Crippen LogP contribution in [0.1, 0.15) is 31.2 Å². The topological polar surface area (TPSA) is 49.4 Å². The van der Waals surface area contributed by atoms with E-state index in [9.17, 15) is 9.59 Å². The Labute approximate surface area is 119 Å². The van der Waals surface area contributed by atoms with Gasteiger partial charge in [-0.2, -0.15) is 0 Å². The van der Waals surface area contributed by atoms with Crippen LogP contribution in [0.4, 0.5) is 5.69 Å². The van der Waals surface area contributed by atoms with Gasteiger partial charge in [0, 0.05) is 6.54 Å². The number of amides is 2. The Bertz CT molecular complexity index is 500. The second-order valence-electron chi connectivity index (χ2n) is 5.71. The predicted molar refractivity (Wildman–Crippen MR) is 77.1 cm³/mol. The number of benzene rings is 1. The van der Waals surface area contributed by atoms with E-state index in [1.807, 2.05) is 31.3 Å². The van der Waals surface area contributed by atoms with Crippen molar-refractivity contribution in [2.75, 3.05) is 11.9 Å². The molecule has 1 N–H and O–H groups in total. The summed E-state index contributed by atoms with van der Waals surface area (Å²) in [6.45, 7) is 0.785. The lowest BCUT2D eigenvalue weighted by Gasteiger charge is -2.19. The van der Waals surface area contributed by atoms with Crippen LogP contribution in [0, 0.1) is 11.8 Å². The van der Waals surface area contributed by atoms with Crippen molar-refractivity contribution >= 4 is 17.5 Å². The van der Waals surface area contributed by atoms with Crippen LogP contribution in [0.2, 0.25) is 0 Å². The fourth-order valence-electron chi connectivity index (χ4n) is 3.38. The molecule has 1 saturated heterocycles. The molecular weight excluding hydrogens is 252 g/mol. The van der Waals surface area contributed by atoms with Crippen LogP contribution in [-0.2, 0) is 16.1 Å². The summed E-state index contributed by atoms with van der Waals surface area (Å²) in [5.74, 6) is -0.149. The predicted octanol–water partition coefficient (Wildman–Crippen LogP) is 2.09. The first kappa shape index (κ1) is 13.3. The number of imide groups is 1. The lowest BCUT2D eigenvalue weighted by atomic mass is 9.81. The van der Waals surface area contributed by atoms with Crippen LogP contribution in [0.5, 0.6) is 0 Å². The minimum atomic E-state index is -0.0757. The molecule has 4 nitrogen and oxygen atoms in total. The third kappa shape index (κ3) is 2.14. The normalized spacial score (nSPS) is 25.9. The lowest BCUT2D eigenvalue weighted by Crippen LogP contribution is -2.30. The summed E-state index contributed by atoms with van der Waals surface area (Å²) in [7, 11) is 1.89. The molecule has 1 aromatic carbocycles. The van der Waals surface area contributed by atoms with Gasteiger partial charge in [-0.25, -0.2) is 0 Å². The summed E-state index contributed by atoms with van der Waals surface area (Å²) in [5, 5.41) is 3.08. The maximum absolute atomic E-state index is 12.5. The first-order chi connectivity index (χ1) is 9.72. The quantitative estimate of drug-likeness (QED) is 0.857. The zero-order valence-electron chi connectivity index (χ0n) is 11.8. The molecule has 0 radical (unpaired) electrons. The van der Waals surface area contributed by atoms with Crippen LogP contribution < -0.4 is 10.2 Å². The van der Waals surface area contributed by atoms with Crippen LogP contribution in [-0.4, -0.2) is 18.9 Å². The summed E-state index contributed by atoms with van der Waals surface area (Å²) in [6, 6.07) is 7.68. The van der Waals surface area contributed by atoms with Crippen molar-refractivity contribution in [3.8, 4) is 0 Å². The summed E-state index contributed by atoms with van der Waals surface area (Å²) in [6.07, 6.45) is 3.86. The van der Waals surface area contributed by atoms with Crippen molar-refractivity contribution in [2.45, 2.75) is 32.2 Å². The van der Waals surface area contributed by atoms with Crippen molar-refractivity contribution in [1.82, 2.24) is 5.32 Å². The molecule has 1 heterocycles. The molecule has 2 unspecified atom stereocenters. The number of anilines is 1. The average molecular weight is 272 g/mol. The molecule has 2 aliphatic rings. The first-order valence-corrected chi connectivity index (χ1v) is 7.33. The molecular formula is C16H20N2O2. The van der Waals surface area contributed by atoms with Gasteiger partial charge in [-0.05, 0) is 37.6 Å². The highest BCUT2D eigenvalue weighted by atomic mass is 16.2. The fraction of sp³-hybridized carbons (Fsp3) is 0.500. The first-order valence-electron chi connectivity index (χ1n) is 7.33. The van der Waals surface area contributed by atoms with E-state index in [0.717, 1.165) is 37.8 Å². The van der Waals surface area contributed by atoms with Crippen molar-refractivity contribution < 1.29 is 9.59 Å². The smallest absolute Gasteiger partial charge is 0.237 e. The van der Waals surface area contributed by atoms with Crippen LogP contribution in [0.25, 0.3) is 0 Å². The number of nitrogens with one attached hydrogen (secondary N) is 1. The summed E-state index contributed by atoms with van der Waals surface area (Å²) < 4.78 is 0. The Kier molecular flexibility index (Phi) is 3.57. The van der Waals surface area contributed by atoms with E-state index >= 15 is 0 Å². The monoisotopic (exact) mass is 272 g/mol. The molecule has 20 heavy (non-hydrogen) atoms. The third-order valence-corrected chi connectivity index (χ3v) is 4.42. The largest absolute Gasteiger partial charge is 0.316 e. The maximum atomic E-state index is 12.5. The number of carbonyl (C=O) groups excluding carboxylic acids is 2. The molecule has 2 amide bonds. The molecule has 1 aliphatic heterocycles. The van der Waals surface area contributed by atoms with Crippen molar-refractivity contribution in [3.63, 3.8) is 0 Å². The van der Waals surface area contributed by atoms with Crippen LogP contribution in [0.15, 0.2) is 24.3 Å². The van der Waals surface area contributed by atoms with E-state index in [2.05, 4.69) is 5.32 Å². The molecule has 0 aromatic heterocycles. The molecule has 1 aliphatic carbocycles. The van der Waals surface area contributed by atoms with Crippen molar-refractivity contribution in [3.05, 3.63) is 29.8 Å². The molecule has 0 spiro atoms. The molecule has 1 saturated carbocycles. The van der Waals surface area contributed by atoms with Gasteiger partial charge in [-0.3, -0.25) is 14.5 Å². The Hall–Kier alpha value is -1.68. The zero-order chi connectivity index (χ0) is 14.1. The Morgan fingerprint density at radius 1 is 1.05 bits per heavy atom. The lowest BCUT2D eigenvalue weighted by molar-refractivity contribution is -0.122. The number of fused-ring (bicyclic) bond motifs is 1. The summed E-state index contributed by atoms with van der Waals surface area (Å²) in [4.78, 5) is 26.3. The van der Waals surface area contributed by atoms with E-state index < -0.39 is 0 Å². The van der Waals surface area contributed by atoms with E-state index in [4.69, 9.17) is 0 Å². The van der Waals surface area contributed by atoms with Gasteiger partial charge in [0.1, 0.15) is 0 Å². The van der Waals surface area contributed by atoms with E-state index in [1.165, 1.54) is 4.90 Å². The Balaban J connectivity index is 1.85. The molecule has 0 bridgehead atoms. The Morgan fingerprint density at radius 2 is 1.60 bits per heavy atom. The molecule has 106 valence electrons. The van der Waals surface area contributed by atoms with E-state index in [0.29, 0.717) is 5.69 Å². The molecule has 1 aromatic rings. The van der Waals surface area contributed by atoms with E-state index in [-0.39, 0.29) is 23.7 Å². The molecule has 3 rings (SSSR count). The zero-order valence-corrected chi connectivity index (χ0v) is 11.8. The van der Waals surface area contributed by atoms with Gasteiger partial charge >= 0.3 is 0 Å². The number of rotatable bonds is 3. The van der Waals surface area contributed by atoms with Gasteiger partial charge in [-0.1, -0.05) is 25.0 Å². The van der Waals surface area contributed by atoms with Gasteiger partial charge in [0.05, 0.1) is 17.5 Å². The molecule has 4 heteroatoms. The standard InChI is InChI=1S/C16H20N2O2/c1-17-10-11-6-8-12(9-7-11)18-15(19)13-4-2-3-5-14(13)16(18)20/h6-9,13-14,17H,2-5,10H2,1H3. The minimum absolute atomic E-state index is 0.000988. The number of nitrogens with zero attached hydrogens (tertiary/aromatic N) is 1. The van der Waals surface area contributed by atoms with Gasteiger partial charge < -0.3 is 5.32 Å². The third-order valence-electron chi connectivity index (χ3n) is 4.42. The second kappa shape index (κ2) is 5.37. The van der Waals surface area contributed by atoms with Crippen molar-refractivity contribution in [2.24, 2.45) is 11.8 Å². The highest BCUT2D eigenvalue weighted by Crippen LogP contribution is 2.39. The van der Waals surface area contributed by atoms with Crippen molar-refractivity contribution in [1.29, 1.82) is 0 Å². The number of carbonyl (C=O) groups is 2. The van der Waals surface area contributed by atoms with Crippen LogP contribution in [0.3, 0.4) is 0 Å². The van der Waals surface area contributed by atoms with Gasteiger partial charge in [0.2, 0.25) is 11.8 Å². The SMILES string of the molecule is CNCc1ccc(N2C(=O)C3CCCCC3C2=O)cc1. The maximum Gasteiger partial charge on any atom is 0.237 e. The highest BCUT2D eigenvalue weighted by molar-refractivity contribution is 6.22. The van der Waals surface area contributed by atoms with Gasteiger partial charge in [0.15, 0.2) is 0 Å². The average Bonchev–Trinajstić information content (AvgIpc) is 2.73. The second-order valence-corrected chi connectivity index (χ2v) is 5.71. The van der Waals surface area contributed by atoms with E-state index in [1.54, 1.807) is 0 Å². The summed E-state index contributed by atoms with van der Waals surface area (Å²) in [5.41, 5.74) is 1.86. The molecule has 2 fully saturated rings. The number of hydrogen-bond donors (Lipinski definition) is 1. The molecule has 2 atom stereocenters. The van der Waals surface area contributed by atoms with Crippen LogP contribution >= 0.6 is 0 Å².